The van der Waals surface area contributed by atoms with Crippen molar-refractivity contribution < 1.29 is 9.18 Å². The lowest BCUT2D eigenvalue weighted by Crippen LogP contribution is -2.40. The van der Waals surface area contributed by atoms with Crippen LogP contribution in [0.4, 0.5) is 10.2 Å². The summed E-state index contributed by atoms with van der Waals surface area (Å²) in [6.07, 6.45) is 3.49. The molecule has 1 aliphatic heterocycles. The third kappa shape index (κ3) is 4.80. The van der Waals surface area contributed by atoms with Crippen LogP contribution in [0.5, 0.6) is 0 Å². The number of carbonyl (C=O) groups excluding carboxylic acids is 1. The first kappa shape index (κ1) is 19.2. The van der Waals surface area contributed by atoms with Gasteiger partial charge in [-0.15, -0.1) is 0 Å². The topological polar surface area (TPSA) is 70.2 Å². The van der Waals surface area contributed by atoms with E-state index in [1.54, 1.807) is 31.3 Å². The quantitative estimate of drug-likeness (QED) is 0.817. The molecule has 0 saturated carbocycles. The van der Waals surface area contributed by atoms with E-state index < -0.39 is 5.82 Å². The average Bonchev–Trinajstić information content (AvgIpc) is 2.72. The van der Waals surface area contributed by atoms with Crippen LogP contribution >= 0.6 is 0 Å². The van der Waals surface area contributed by atoms with E-state index in [0.717, 1.165) is 37.8 Å². The Morgan fingerprint density at radius 1 is 1.33 bits per heavy atom. The third-order valence-electron chi connectivity index (χ3n) is 4.99. The molecule has 0 spiro atoms. The molecule has 2 heterocycles. The fraction of sp³-hybridized carbons (Fsp3) is 0.450. The van der Waals surface area contributed by atoms with Crippen molar-refractivity contribution in [1.29, 1.82) is 0 Å². The molecule has 1 atom stereocenters. The summed E-state index contributed by atoms with van der Waals surface area (Å²) >= 11 is 0. The van der Waals surface area contributed by atoms with Crippen molar-refractivity contribution in [1.82, 2.24) is 20.2 Å². The van der Waals surface area contributed by atoms with Crippen LogP contribution in [0.2, 0.25) is 0 Å². The number of anilines is 1. The van der Waals surface area contributed by atoms with E-state index >= 15 is 0 Å². The SMILES string of the molecule is CCN1CCC[C@@H](CNC(=O)c2ccc(-c3ncc(F)c(NC)n3)cc2)C1. The number of likely N-dealkylation sites (tertiary alicyclic amines) is 1. The molecule has 1 fully saturated rings. The lowest BCUT2D eigenvalue weighted by atomic mass is 9.98. The number of piperidine rings is 1. The molecule has 0 unspecified atom stereocenters. The van der Waals surface area contributed by atoms with Crippen molar-refractivity contribution in [3.63, 3.8) is 0 Å². The highest BCUT2D eigenvalue weighted by Crippen LogP contribution is 2.19. The zero-order valence-electron chi connectivity index (χ0n) is 15.8. The van der Waals surface area contributed by atoms with Gasteiger partial charge in [0.1, 0.15) is 0 Å². The molecule has 2 aromatic rings. The number of aromatic nitrogens is 2. The van der Waals surface area contributed by atoms with Gasteiger partial charge in [-0.1, -0.05) is 19.1 Å². The van der Waals surface area contributed by atoms with Crippen LogP contribution in [0.3, 0.4) is 0 Å². The number of benzene rings is 1. The lowest BCUT2D eigenvalue weighted by Gasteiger charge is -2.31. The molecular formula is C20H26FN5O. The number of rotatable bonds is 6. The monoisotopic (exact) mass is 371 g/mol. The van der Waals surface area contributed by atoms with Gasteiger partial charge in [0.05, 0.1) is 6.20 Å². The molecule has 1 saturated heterocycles. The summed E-state index contributed by atoms with van der Waals surface area (Å²) in [5, 5.41) is 5.74. The summed E-state index contributed by atoms with van der Waals surface area (Å²) in [7, 11) is 1.61. The molecule has 1 aliphatic rings. The number of nitrogens with zero attached hydrogens (tertiary/aromatic N) is 3. The highest BCUT2D eigenvalue weighted by molar-refractivity contribution is 5.94. The van der Waals surface area contributed by atoms with Crippen LogP contribution in [0.1, 0.15) is 30.1 Å². The molecule has 3 rings (SSSR count). The van der Waals surface area contributed by atoms with E-state index in [-0.39, 0.29) is 11.7 Å². The van der Waals surface area contributed by atoms with E-state index in [9.17, 15) is 9.18 Å². The Labute approximate surface area is 159 Å². The minimum atomic E-state index is -0.499. The van der Waals surface area contributed by atoms with E-state index in [0.29, 0.717) is 23.9 Å². The number of halogens is 1. The van der Waals surface area contributed by atoms with E-state index in [4.69, 9.17) is 0 Å². The Morgan fingerprint density at radius 3 is 2.81 bits per heavy atom. The maximum Gasteiger partial charge on any atom is 0.251 e. The van der Waals surface area contributed by atoms with Crippen molar-refractivity contribution in [3.05, 3.63) is 41.8 Å². The van der Waals surface area contributed by atoms with Crippen molar-refractivity contribution >= 4 is 11.7 Å². The normalized spacial score (nSPS) is 17.5. The van der Waals surface area contributed by atoms with Crippen molar-refractivity contribution in [2.45, 2.75) is 19.8 Å². The molecule has 6 nitrogen and oxygen atoms in total. The first-order chi connectivity index (χ1) is 13.1. The van der Waals surface area contributed by atoms with Crippen LogP contribution < -0.4 is 10.6 Å². The first-order valence-corrected chi connectivity index (χ1v) is 9.42. The second-order valence-electron chi connectivity index (χ2n) is 6.83. The molecule has 0 aliphatic carbocycles. The second-order valence-corrected chi connectivity index (χ2v) is 6.83. The molecule has 144 valence electrons. The van der Waals surface area contributed by atoms with E-state index in [1.165, 1.54) is 6.42 Å². The maximum atomic E-state index is 13.5. The van der Waals surface area contributed by atoms with Gasteiger partial charge in [-0.3, -0.25) is 4.79 Å². The zero-order chi connectivity index (χ0) is 19.2. The maximum absolute atomic E-state index is 13.5. The minimum absolute atomic E-state index is 0.0777. The molecule has 0 radical (unpaired) electrons. The summed E-state index contributed by atoms with van der Waals surface area (Å²) in [6, 6.07) is 7.05. The number of amides is 1. The number of hydrogen-bond donors (Lipinski definition) is 2. The third-order valence-corrected chi connectivity index (χ3v) is 4.99. The molecule has 1 amide bonds. The van der Waals surface area contributed by atoms with Crippen LogP contribution in [0.25, 0.3) is 11.4 Å². The molecule has 0 bridgehead atoms. The summed E-state index contributed by atoms with van der Waals surface area (Å²) < 4.78 is 13.5. The highest BCUT2D eigenvalue weighted by Gasteiger charge is 2.19. The van der Waals surface area contributed by atoms with Crippen LogP contribution in [0.15, 0.2) is 30.5 Å². The van der Waals surface area contributed by atoms with Gasteiger partial charge in [-0.25, -0.2) is 14.4 Å². The molecule has 1 aromatic heterocycles. The molecular weight excluding hydrogens is 345 g/mol. The Balaban J connectivity index is 1.60. The summed E-state index contributed by atoms with van der Waals surface area (Å²) in [4.78, 5) is 23.0. The van der Waals surface area contributed by atoms with Gasteiger partial charge in [0.15, 0.2) is 17.5 Å². The predicted octanol–water partition coefficient (Wildman–Crippen LogP) is 2.79. The summed E-state index contributed by atoms with van der Waals surface area (Å²) in [5.41, 5.74) is 1.33. The van der Waals surface area contributed by atoms with E-state index in [1.807, 2.05) is 0 Å². The fourth-order valence-electron chi connectivity index (χ4n) is 3.40. The molecule has 7 heteroatoms. The Morgan fingerprint density at radius 2 is 2.11 bits per heavy atom. The number of carbonyl (C=O) groups is 1. The Kier molecular flexibility index (Phi) is 6.34. The highest BCUT2D eigenvalue weighted by atomic mass is 19.1. The van der Waals surface area contributed by atoms with Crippen LogP contribution in [0, 0.1) is 11.7 Å². The zero-order valence-corrected chi connectivity index (χ0v) is 15.8. The first-order valence-electron chi connectivity index (χ1n) is 9.42. The Hall–Kier alpha value is -2.54. The smallest absolute Gasteiger partial charge is 0.251 e. The van der Waals surface area contributed by atoms with Gasteiger partial charge in [0.2, 0.25) is 0 Å². The van der Waals surface area contributed by atoms with Gasteiger partial charge in [-0.2, -0.15) is 0 Å². The van der Waals surface area contributed by atoms with Gasteiger partial charge in [0, 0.05) is 31.3 Å². The van der Waals surface area contributed by atoms with Gasteiger partial charge in [-0.05, 0) is 44.0 Å². The number of hydrogen-bond acceptors (Lipinski definition) is 5. The minimum Gasteiger partial charge on any atom is -0.371 e. The summed E-state index contributed by atoms with van der Waals surface area (Å²) in [5.74, 6) is 0.493. The molecule has 1 aromatic carbocycles. The molecule has 2 N–H and O–H groups in total. The fourth-order valence-corrected chi connectivity index (χ4v) is 3.40. The second kappa shape index (κ2) is 8.90. The van der Waals surface area contributed by atoms with Gasteiger partial charge < -0.3 is 15.5 Å². The standard InChI is InChI=1S/C20H26FN5O/c1-3-26-10-4-5-14(13-26)11-24-20(27)16-8-6-15(7-9-16)18-23-12-17(21)19(22-2)25-18/h6-9,12,14H,3-5,10-11,13H2,1-2H3,(H,24,27)(H,22,23,25)/t14-/m0/s1. The van der Waals surface area contributed by atoms with Crippen LogP contribution in [-0.2, 0) is 0 Å². The van der Waals surface area contributed by atoms with Crippen molar-refractivity contribution in [3.8, 4) is 11.4 Å². The predicted molar refractivity (Wildman–Crippen MR) is 104 cm³/mol. The summed E-state index contributed by atoms with van der Waals surface area (Å²) in [6.45, 7) is 6.14. The van der Waals surface area contributed by atoms with E-state index in [2.05, 4.69) is 32.4 Å². The lowest BCUT2D eigenvalue weighted by molar-refractivity contribution is 0.0933. The van der Waals surface area contributed by atoms with Gasteiger partial charge in [0.25, 0.3) is 5.91 Å². The van der Waals surface area contributed by atoms with Crippen molar-refractivity contribution in [2.24, 2.45) is 5.92 Å². The van der Waals surface area contributed by atoms with Crippen LogP contribution in [-0.4, -0.2) is 54.0 Å². The average molecular weight is 371 g/mol. The molecule has 27 heavy (non-hydrogen) atoms. The van der Waals surface area contributed by atoms with Gasteiger partial charge >= 0.3 is 0 Å². The Bertz CT molecular complexity index is 780. The van der Waals surface area contributed by atoms with Crippen molar-refractivity contribution in [2.75, 3.05) is 38.5 Å². The largest absolute Gasteiger partial charge is 0.371 e. The number of nitrogens with one attached hydrogen (secondary N) is 2.